The van der Waals surface area contributed by atoms with E-state index in [4.69, 9.17) is 14.2 Å². The van der Waals surface area contributed by atoms with Gasteiger partial charge in [-0.25, -0.2) is 0 Å². The summed E-state index contributed by atoms with van der Waals surface area (Å²) in [5, 5.41) is 6.63. The Labute approximate surface area is 131 Å². The number of guanidine groups is 1. The molecule has 0 spiro atoms. The second kappa shape index (κ2) is 7.35. The van der Waals surface area contributed by atoms with Gasteiger partial charge in [0.2, 0.25) is 0 Å². The molecule has 22 heavy (non-hydrogen) atoms. The van der Waals surface area contributed by atoms with E-state index >= 15 is 0 Å². The van der Waals surface area contributed by atoms with E-state index in [-0.39, 0.29) is 5.41 Å². The molecule has 0 atom stereocenters. The van der Waals surface area contributed by atoms with E-state index < -0.39 is 0 Å². The number of hydrogen-bond acceptors (Lipinski definition) is 4. The molecule has 1 aliphatic rings. The van der Waals surface area contributed by atoms with Crippen molar-refractivity contribution in [3.8, 4) is 11.5 Å². The molecule has 1 aliphatic heterocycles. The van der Waals surface area contributed by atoms with Crippen molar-refractivity contribution < 1.29 is 14.2 Å². The number of nitrogens with zero attached hydrogens (tertiary/aromatic N) is 1. The summed E-state index contributed by atoms with van der Waals surface area (Å²) in [7, 11) is 5.06. The number of hydrogen-bond donors (Lipinski definition) is 2. The summed E-state index contributed by atoms with van der Waals surface area (Å²) in [5.74, 6) is 2.34. The Bertz CT molecular complexity index is 527. The first kappa shape index (κ1) is 16.4. The van der Waals surface area contributed by atoms with Gasteiger partial charge in [0, 0.05) is 37.2 Å². The van der Waals surface area contributed by atoms with Gasteiger partial charge in [-0.15, -0.1) is 0 Å². The van der Waals surface area contributed by atoms with Crippen molar-refractivity contribution >= 4 is 5.96 Å². The Morgan fingerprint density at radius 1 is 1.27 bits per heavy atom. The van der Waals surface area contributed by atoms with Crippen LogP contribution in [0.4, 0.5) is 0 Å². The van der Waals surface area contributed by atoms with Gasteiger partial charge in [-0.1, -0.05) is 6.92 Å². The first-order valence-electron chi connectivity index (χ1n) is 7.33. The lowest BCUT2D eigenvalue weighted by Crippen LogP contribution is -2.50. The van der Waals surface area contributed by atoms with E-state index in [1.165, 1.54) is 0 Å². The average molecular weight is 307 g/mol. The number of benzene rings is 1. The molecule has 1 aromatic rings. The summed E-state index contributed by atoms with van der Waals surface area (Å²) in [6.07, 6.45) is 0. The van der Waals surface area contributed by atoms with E-state index in [1.807, 2.05) is 18.2 Å². The lowest BCUT2D eigenvalue weighted by Gasteiger charge is -2.38. The molecule has 122 valence electrons. The number of aliphatic imine (C=N–C) groups is 1. The minimum atomic E-state index is 0.204. The molecule has 0 aliphatic carbocycles. The van der Waals surface area contributed by atoms with Crippen molar-refractivity contribution in [2.24, 2.45) is 10.4 Å². The van der Waals surface area contributed by atoms with Gasteiger partial charge in [0.05, 0.1) is 27.4 Å². The molecule has 2 N–H and O–H groups in total. The van der Waals surface area contributed by atoms with Crippen molar-refractivity contribution in [2.45, 2.75) is 13.5 Å². The molecule has 2 rings (SSSR count). The fourth-order valence-electron chi connectivity index (χ4n) is 2.25. The second-order valence-electron chi connectivity index (χ2n) is 5.76. The van der Waals surface area contributed by atoms with Crippen LogP contribution in [0.2, 0.25) is 0 Å². The summed E-state index contributed by atoms with van der Waals surface area (Å²) in [5.41, 5.74) is 1.25. The maximum absolute atomic E-state index is 5.40. The largest absolute Gasteiger partial charge is 0.497 e. The highest BCUT2D eigenvalue weighted by Gasteiger charge is 2.33. The Hall–Kier alpha value is -1.95. The predicted molar refractivity (Wildman–Crippen MR) is 86.7 cm³/mol. The maximum Gasteiger partial charge on any atom is 0.191 e. The first-order chi connectivity index (χ1) is 10.6. The predicted octanol–water partition coefficient (Wildman–Crippen LogP) is 1.41. The number of nitrogens with one attached hydrogen (secondary N) is 2. The molecule has 1 aromatic carbocycles. The van der Waals surface area contributed by atoms with Gasteiger partial charge in [-0.2, -0.15) is 0 Å². The molecule has 1 heterocycles. The molecule has 0 radical (unpaired) electrons. The minimum absolute atomic E-state index is 0.204. The third-order valence-electron chi connectivity index (χ3n) is 3.75. The smallest absolute Gasteiger partial charge is 0.191 e. The van der Waals surface area contributed by atoms with Crippen molar-refractivity contribution in [1.29, 1.82) is 0 Å². The summed E-state index contributed by atoms with van der Waals surface area (Å²) >= 11 is 0. The van der Waals surface area contributed by atoms with Crippen molar-refractivity contribution in [2.75, 3.05) is 41.0 Å². The van der Waals surface area contributed by atoms with Gasteiger partial charge < -0.3 is 24.8 Å². The Morgan fingerprint density at radius 3 is 2.59 bits per heavy atom. The third-order valence-corrected chi connectivity index (χ3v) is 3.75. The number of ether oxygens (including phenoxy) is 3. The molecule has 0 unspecified atom stereocenters. The molecular formula is C16H25N3O3. The lowest BCUT2D eigenvalue weighted by molar-refractivity contribution is -0.0971. The summed E-state index contributed by atoms with van der Waals surface area (Å²) in [4.78, 5) is 4.24. The highest BCUT2D eigenvalue weighted by molar-refractivity contribution is 5.79. The van der Waals surface area contributed by atoms with Gasteiger partial charge >= 0.3 is 0 Å². The first-order valence-corrected chi connectivity index (χ1v) is 7.33. The topological polar surface area (TPSA) is 64.1 Å². The van der Waals surface area contributed by atoms with E-state index in [0.717, 1.165) is 42.8 Å². The number of methoxy groups -OCH3 is 2. The van der Waals surface area contributed by atoms with Crippen LogP contribution in [0.5, 0.6) is 11.5 Å². The van der Waals surface area contributed by atoms with Crippen molar-refractivity contribution in [3.05, 3.63) is 23.8 Å². The molecule has 1 fully saturated rings. The normalized spacial score (nSPS) is 16.6. The van der Waals surface area contributed by atoms with Crippen LogP contribution < -0.4 is 20.1 Å². The van der Waals surface area contributed by atoms with Crippen LogP contribution in [0, 0.1) is 5.41 Å². The SMILES string of the molecule is CN=C(NCc1ccc(OC)cc1OC)NCC1(C)COC1. The summed E-state index contributed by atoms with van der Waals surface area (Å²) in [6.45, 7) is 5.25. The highest BCUT2D eigenvalue weighted by atomic mass is 16.5. The molecule has 6 heteroatoms. The zero-order chi connectivity index (χ0) is 16.0. The Kier molecular flexibility index (Phi) is 5.49. The number of rotatable bonds is 6. The molecule has 0 aromatic heterocycles. The standard InChI is InChI=1S/C16H25N3O3/c1-16(10-22-11-16)9-19-15(17-2)18-8-12-5-6-13(20-3)7-14(12)21-4/h5-7H,8-11H2,1-4H3,(H2,17,18,19). The Morgan fingerprint density at radius 2 is 2.05 bits per heavy atom. The second-order valence-corrected chi connectivity index (χ2v) is 5.76. The van der Waals surface area contributed by atoms with Gasteiger partial charge in [-0.05, 0) is 12.1 Å². The van der Waals surface area contributed by atoms with Crippen LogP contribution in [0.1, 0.15) is 12.5 Å². The molecule has 0 amide bonds. The average Bonchev–Trinajstić information content (AvgIpc) is 2.53. The van der Waals surface area contributed by atoms with Gasteiger partial charge in [-0.3, -0.25) is 4.99 Å². The Balaban J connectivity index is 1.90. The van der Waals surface area contributed by atoms with E-state index in [9.17, 15) is 0 Å². The molecular weight excluding hydrogens is 282 g/mol. The zero-order valence-corrected chi connectivity index (χ0v) is 13.7. The van der Waals surface area contributed by atoms with Gasteiger partial charge in [0.1, 0.15) is 11.5 Å². The monoisotopic (exact) mass is 307 g/mol. The summed E-state index contributed by atoms with van der Waals surface area (Å²) < 4.78 is 15.9. The van der Waals surface area contributed by atoms with Crippen LogP contribution in [0.3, 0.4) is 0 Å². The van der Waals surface area contributed by atoms with Crippen LogP contribution >= 0.6 is 0 Å². The minimum Gasteiger partial charge on any atom is -0.497 e. The van der Waals surface area contributed by atoms with Crippen LogP contribution in [0.25, 0.3) is 0 Å². The molecule has 0 bridgehead atoms. The van der Waals surface area contributed by atoms with Crippen LogP contribution in [-0.2, 0) is 11.3 Å². The highest BCUT2D eigenvalue weighted by Crippen LogP contribution is 2.25. The maximum atomic E-state index is 5.40. The fraction of sp³-hybridized carbons (Fsp3) is 0.562. The zero-order valence-electron chi connectivity index (χ0n) is 13.7. The third kappa shape index (κ3) is 4.04. The molecule has 0 saturated carbocycles. The fourth-order valence-corrected chi connectivity index (χ4v) is 2.25. The molecule has 1 saturated heterocycles. The quantitative estimate of drug-likeness (QED) is 0.614. The van der Waals surface area contributed by atoms with Crippen molar-refractivity contribution in [1.82, 2.24) is 10.6 Å². The molecule has 6 nitrogen and oxygen atoms in total. The van der Waals surface area contributed by atoms with Crippen LogP contribution in [-0.4, -0.2) is 47.0 Å². The van der Waals surface area contributed by atoms with Gasteiger partial charge in [0.25, 0.3) is 0 Å². The van der Waals surface area contributed by atoms with Gasteiger partial charge in [0.15, 0.2) is 5.96 Å². The summed E-state index contributed by atoms with van der Waals surface area (Å²) in [6, 6.07) is 5.78. The van der Waals surface area contributed by atoms with E-state index in [2.05, 4.69) is 22.5 Å². The van der Waals surface area contributed by atoms with Crippen LogP contribution in [0.15, 0.2) is 23.2 Å². The lowest BCUT2D eigenvalue weighted by atomic mass is 9.89. The van der Waals surface area contributed by atoms with Crippen molar-refractivity contribution in [3.63, 3.8) is 0 Å². The van der Waals surface area contributed by atoms with E-state index in [1.54, 1.807) is 21.3 Å². The van der Waals surface area contributed by atoms with E-state index in [0.29, 0.717) is 6.54 Å².